The van der Waals surface area contributed by atoms with Crippen LogP contribution in [0.4, 0.5) is 5.95 Å². The molecule has 1 aromatic carbocycles. The van der Waals surface area contributed by atoms with Crippen molar-refractivity contribution in [2.45, 2.75) is 29.8 Å². The second-order valence-corrected chi connectivity index (χ2v) is 9.85. The molecule has 7 nitrogen and oxygen atoms in total. The fourth-order valence-electron chi connectivity index (χ4n) is 3.21. The molecular weight excluding hydrogens is 475 g/mol. The summed E-state index contributed by atoms with van der Waals surface area (Å²) in [5.74, 6) is 0.637. The molecule has 174 valence electrons. The molecule has 0 N–H and O–H groups in total. The fourth-order valence-corrected chi connectivity index (χ4v) is 3.51. The van der Waals surface area contributed by atoms with Crippen molar-refractivity contribution < 1.29 is 14.3 Å². The molecular formula is C22H27Cl3N4O3. The minimum absolute atomic E-state index is 0.0400. The number of amides is 1. The Bertz CT molecular complexity index is 842. The Morgan fingerprint density at radius 2 is 1.75 bits per heavy atom. The number of benzene rings is 1. The zero-order valence-electron chi connectivity index (χ0n) is 17.9. The van der Waals surface area contributed by atoms with Crippen LogP contribution >= 0.6 is 34.8 Å². The van der Waals surface area contributed by atoms with Gasteiger partial charge in [-0.25, -0.2) is 9.97 Å². The van der Waals surface area contributed by atoms with Gasteiger partial charge in [0.1, 0.15) is 0 Å². The highest BCUT2D eigenvalue weighted by Gasteiger charge is 2.26. The van der Waals surface area contributed by atoms with Gasteiger partial charge in [0, 0.05) is 44.1 Å². The minimum Gasteiger partial charge on any atom is -0.378 e. The number of rotatable bonds is 9. The van der Waals surface area contributed by atoms with Gasteiger partial charge in [-0.3, -0.25) is 4.79 Å². The first kappa shape index (κ1) is 25.0. The number of carbonyl (C=O) groups excluding carboxylic acids is 1. The van der Waals surface area contributed by atoms with Crippen LogP contribution in [0.3, 0.4) is 0 Å². The van der Waals surface area contributed by atoms with Gasteiger partial charge in [0.15, 0.2) is 0 Å². The molecule has 1 aliphatic heterocycles. The van der Waals surface area contributed by atoms with Gasteiger partial charge in [0.25, 0.3) is 0 Å². The van der Waals surface area contributed by atoms with Crippen molar-refractivity contribution in [2.75, 3.05) is 44.3 Å². The summed E-state index contributed by atoms with van der Waals surface area (Å²) in [7, 11) is 0. The van der Waals surface area contributed by atoms with Gasteiger partial charge in [-0.05, 0) is 12.5 Å². The minimum atomic E-state index is -1.54. The summed E-state index contributed by atoms with van der Waals surface area (Å²) < 4.78 is 9.87. The molecule has 1 aromatic heterocycles. The predicted octanol–water partition coefficient (Wildman–Crippen LogP) is 3.96. The molecule has 3 rings (SSSR count). The Labute approximate surface area is 203 Å². The maximum Gasteiger partial charge on any atom is 0.225 e. The number of alkyl halides is 3. The highest BCUT2D eigenvalue weighted by molar-refractivity contribution is 6.66. The van der Waals surface area contributed by atoms with Gasteiger partial charge in [-0.15, -0.1) is 0 Å². The molecule has 1 fully saturated rings. The molecule has 2 heterocycles. The van der Waals surface area contributed by atoms with E-state index in [0.29, 0.717) is 63.9 Å². The Morgan fingerprint density at radius 3 is 2.38 bits per heavy atom. The Hall–Kier alpha value is -1.64. The number of nitrogens with zero attached hydrogens (tertiary/aromatic N) is 4. The van der Waals surface area contributed by atoms with Crippen molar-refractivity contribution in [1.82, 2.24) is 14.9 Å². The van der Waals surface area contributed by atoms with E-state index in [0.717, 1.165) is 5.56 Å². The van der Waals surface area contributed by atoms with Crippen LogP contribution in [0.2, 0.25) is 0 Å². The van der Waals surface area contributed by atoms with Crippen LogP contribution in [-0.4, -0.2) is 66.3 Å². The summed E-state index contributed by atoms with van der Waals surface area (Å²) >= 11 is 17.5. The molecule has 0 saturated carbocycles. The van der Waals surface area contributed by atoms with Crippen molar-refractivity contribution in [3.05, 3.63) is 53.9 Å². The van der Waals surface area contributed by atoms with Crippen molar-refractivity contribution in [1.29, 1.82) is 0 Å². The van der Waals surface area contributed by atoms with Crippen LogP contribution in [0.15, 0.2) is 42.7 Å². The second-order valence-electron chi connectivity index (χ2n) is 7.57. The first-order chi connectivity index (χ1) is 15.3. The fraction of sp³-hybridized carbons (Fsp3) is 0.500. The highest BCUT2D eigenvalue weighted by atomic mass is 35.6. The standard InChI is InChI=1S/C22H27Cl3N4O3/c1-17(32-16-18-5-3-2-4-6-18)15-31-12-7-20(30)28-8-10-29(11-9-28)21-26-13-19(14-27-21)22(23,24)25/h2-6,13-14,17H,7-12,15-16H2,1H3/t17-/m0/s1. The quantitative estimate of drug-likeness (QED) is 0.383. The van der Waals surface area contributed by atoms with Gasteiger partial charge in [-0.1, -0.05) is 65.1 Å². The number of carbonyl (C=O) groups is 1. The van der Waals surface area contributed by atoms with Gasteiger partial charge >= 0.3 is 0 Å². The van der Waals surface area contributed by atoms with Crippen LogP contribution in [0, 0.1) is 0 Å². The molecule has 1 amide bonds. The van der Waals surface area contributed by atoms with E-state index in [-0.39, 0.29) is 12.0 Å². The maximum atomic E-state index is 12.5. The maximum absolute atomic E-state index is 12.5. The number of aromatic nitrogens is 2. The number of anilines is 1. The van der Waals surface area contributed by atoms with E-state index in [2.05, 4.69) is 9.97 Å². The van der Waals surface area contributed by atoms with Crippen molar-refractivity contribution >= 4 is 46.7 Å². The SMILES string of the molecule is C[C@@H](COCCC(=O)N1CCN(c2ncc(C(Cl)(Cl)Cl)cn2)CC1)OCc1ccccc1. The van der Waals surface area contributed by atoms with E-state index in [4.69, 9.17) is 44.3 Å². The van der Waals surface area contributed by atoms with Crippen molar-refractivity contribution in [3.8, 4) is 0 Å². The first-order valence-corrected chi connectivity index (χ1v) is 11.6. The van der Waals surface area contributed by atoms with Crippen LogP contribution in [0.5, 0.6) is 0 Å². The van der Waals surface area contributed by atoms with E-state index in [1.54, 1.807) is 0 Å². The molecule has 0 radical (unpaired) electrons. The van der Waals surface area contributed by atoms with Gasteiger partial charge < -0.3 is 19.3 Å². The number of hydrogen-bond donors (Lipinski definition) is 0. The van der Waals surface area contributed by atoms with Crippen LogP contribution in [0.25, 0.3) is 0 Å². The molecule has 32 heavy (non-hydrogen) atoms. The summed E-state index contributed by atoms with van der Waals surface area (Å²) in [5.41, 5.74) is 1.54. The van der Waals surface area contributed by atoms with Crippen LogP contribution < -0.4 is 4.90 Å². The summed E-state index contributed by atoms with van der Waals surface area (Å²) in [6.07, 6.45) is 3.32. The third-order valence-electron chi connectivity index (χ3n) is 5.07. The summed E-state index contributed by atoms with van der Waals surface area (Å²) in [5, 5.41) is 0. The number of halogens is 3. The summed E-state index contributed by atoms with van der Waals surface area (Å²) in [6.45, 7) is 5.83. The lowest BCUT2D eigenvalue weighted by Gasteiger charge is -2.34. The first-order valence-electron chi connectivity index (χ1n) is 10.5. The predicted molar refractivity (Wildman–Crippen MR) is 126 cm³/mol. The molecule has 1 atom stereocenters. The van der Waals surface area contributed by atoms with Gasteiger partial charge in [0.05, 0.1) is 32.3 Å². The molecule has 0 spiro atoms. The largest absolute Gasteiger partial charge is 0.378 e. The topological polar surface area (TPSA) is 67.8 Å². The van der Waals surface area contributed by atoms with Crippen molar-refractivity contribution in [3.63, 3.8) is 0 Å². The lowest BCUT2D eigenvalue weighted by Crippen LogP contribution is -2.49. The summed E-state index contributed by atoms with van der Waals surface area (Å²) in [4.78, 5) is 24.9. The molecule has 1 saturated heterocycles. The third kappa shape index (κ3) is 7.74. The number of piperazine rings is 1. The van der Waals surface area contributed by atoms with Gasteiger partial charge in [0.2, 0.25) is 15.6 Å². The monoisotopic (exact) mass is 500 g/mol. The van der Waals surface area contributed by atoms with E-state index >= 15 is 0 Å². The van der Waals surface area contributed by atoms with E-state index in [9.17, 15) is 4.79 Å². The molecule has 0 aliphatic carbocycles. The zero-order valence-corrected chi connectivity index (χ0v) is 20.2. The number of ether oxygens (including phenoxy) is 2. The average molecular weight is 502 g/mol. The lowest BCUT2D eigenvalue weighted by atomic mass is 10.2. The smallest absolute Gasteiger partial charge is 0.225 e. The van der Waals surface area contributed by atoms with Crippen molar-refractivity contribution in [2.24, 2.45) is 0 Å². The molecule has 0 unspecified atom stereocenters. The summed E-state index contributed by atoms with van der Waals surface area (Å²) in [6, 6.07) is 10.0. The van der Waals surface area contributed by atoms with Gasteiger partial charge in [-0.2, -0.15) is 0 Å². The molecule has 10 heteroatoms. The van der Waals surface area contributed by atoms with E-state index in [1.165, 1.54) is 12.4 Å². The normalized spacial score (nSPS) is 15.6. The van der Waals surface area contributed by atoms with Crippen LogP contribution in [-0.2, 0) is 24.7 Å². The zero-order chi connectivity index (χ0) is 23.0. The Kier molecular flexibility index (Phi) is 9.37. The lowest BCUT2D eigenvalue weighted by molar-refractivity contribution is -0.133. The Morgan fingerprint density at radius 1 is 1.09 bits per heavy atom. The average Bonchev–Trinajstić information content (AvgIpc) is 2.80. The molecule has 1 aliphatic rings. The van der Waals surface area contributed by atoms with E-state index in [1.807, 2.05) is 47.1 Å². The second kappa shape index (κ2) is 12.0. The van der Waals surface area contributed by atoms with E-state index < -0.39 is 3.79 Å². The number of hydrogen-bond acceptors (Lipinski definition) is 6. The highest BCUT2D eigenvalue weighted by Crippen LogP contribution is 2.37. The molecule has 0 bridgehead atoms. The van der Waals surface area contributed by atoms with Crippen LogP contribution in [0.1, 0.15) is 24.5 Å². The molecule has 2 aromatic rings. The third-order valence-corrected chi connectivity index (χ3v) is 5.73. The Balaban J connectivity index is 1.31.